The Kier molecular flexibility index (Phi) is 5.73. The van der Waals surface area contributed by atoms with E-state index in [-0.39, 0.29) is 16.4 Å². The first-order valence-electron chi connectivity index (χ1n) is 8.87. The number of oxime groups is 1. The first-order chi connectivity index (χ1) is 13.7. The van der Waals surface area contributed by atoms with E-state index in [0.29, 0.717) is 29.1 Å². The summed E-state index contributed by atoms with van der Waals surface area (Å²) in [5.41, 5.74) is 6.94. The molecule has 1 fully saturated rings. The van der Waals surface area contributed by atoms with Crippen molar-refractivity contribution in [3.63, 3.8) is 0 Å². The maximum absolute atomic E-state index is 12.5. The van der Waals surface area contributed by atoms with Gasteiger partial charge in [-0.1, -0.05) is 24.6 Å². The minimum absolute atomic E-state index is 0.0648. The van der Waals surface area contributed by atoms with E-state index in [1.54, 1.807) is 25.1 Å². The summed E-state index contributed by atoms with van der Waals surface area (Å²) in [6.07, 6.45) is 2.91. The van der Waals surface area contributed by atoms with Crippen molar-refractivity contribution in [1.82, 2.24) is 4.98 Å². The van der Waals surface area contributed by atoms with Crippen molar-refractivity contribution < 1.29 is 16.9 Å². The normalized spacial score (nSPS) is 16.7. The monoisotopic (exact) mass is 432 g/mol. The maximum atomic E-state index is 12.5. The van der Waals surface area contributed by atoms with Gasteiger partial charge in [-0.15, -0.1) is 0 Å². The molecule has 0 unspecified atom stereocenters. The second kappa shape index (κ2) is 7.93. The second-order valence-electron chi connectivity index (χ2n) is 6.72. The van der Waals surface area contributed by atoms with Crippen molar-refractivity contribution >= 4 is 26.8 Å². The van der Waals surface area contributed by atoms with Crippen LogP contribution in [-0.4, -0.2) is 29.2 Å². The average Bonchev–Trinajstić information content (AvgIpc) is 3.53. The standard InChI is InChI=1S/C19H20N4O4S2/c1-3-28(24)16-10-14(19(12-20)8-9-19)11-22-17(16)18(21)23-27-29(25,26)15-6-4-13(2)5-7-15/h4-7,10-11H,3,8-9H2,1-2H3,(H2,21,23)/t28-/m1/s1. The van der Waals surface area contributed by atoms with Crippen LogP contribution in [-0.2, 0) is 30.6 Å². The van der Waals surface area contributed by atoms with Crippen molar-refractivity contribution in [2.45, 2.75) is 41.9 Å². The largest absolute Gasteiger partial charge is 0.379 e. The molecule has 3 rings (SSSR count). The first kappa shape index (κ1) is 21.0. The zero-order chi connectivity index (χ0) is 21.2. The zero-order valence-corrected chi connectivity index (χ0v) is 17.6. The van der Waals surface area contributed by atoms with E-state index in [1.807, 2.05) is 6.92 Å². The van der Waals surface area contributed by atoms with Crippen LogP contribution in [0.4, 0.5) is 0 Å². The molecule has 29 heavy (non-hydrogen) atoms. The van der Waals surface area contributed by atoms with Crippen molar-refractivity contribution in [2.75, 3.05) is 5.75 Å². The highest BCUT2D eigenvalue weighted by Crippen LogP contribution is 2.47. The Hall–Kier alpha value is -2.77. The Morgan fingerprint density at radius 2 is 2.03 bits per heavy atom. The molecule has 1 heterocycles. The lowest BCUT2D eigenvalue weighted by Gasteiger charge is -2.12. The quantitative estimate of drug-likeness (QED) is 0.402. The number of nitrogens with zero attached hydrogens (tertiary/aromatic N) is 3. The van der Waals surface area contributed by atoms with Gasteiger partial charge in [0.25, 0.3) is 0 Å². The summed E-state index contributed by atoms with van der Waals surface area (Å²) in [5, 5.41) is 12.9. The van der Waals surface area contributed by atoms with Gasteiger partial charge < -0.3 is 5.73 Å². The number of hydrogen-bond acceptors (Lipinski definition) is 7. The van der Waals surface area contributed by atoms with E-state index in [1.165, 1.54) is 18.3 Å². The molecule has 1 aromatic carbocycles. The number of nitrogens with two attached hydrogens (primary N) is 1. The summed E-state index contributed by atoms with van der Waals surface area (Å²) in [4.78, 5) is 4.44. The van der Waals surface area contributed by atoms with Crippen LogP contribution in [0.5, 0.6) is 0 Å². The lowest BCUT2D eigenvalue weighted by atomic mass is 9.99. The van der Waals surface area contributed by atoms with Crippen LogP contribution < -0.4 is 5.73 Å². The Balaban J connectivity index is 1.93. The Bertz CT molecular complexity index is 1130. The number of nitriles is 1. The predicted octanol–water partition coefficient (Wildman–Crippen LogP) is 2.10. The molecule has 0 bridgehead atoms. The fraction of sp³-hybridized carbons (Fsp3) is 0.316. The van der Waals surface area contributed by atoms with Gasteiger partial charge in [0.1, 0.15) is 10.6 Å². The van der Waals surface area contributed by atoms with Gasteiger partial charge in [-0.05, 0) is 48.7 Å². The van der Waals surface area contributed by atoms with E-state index in [9.17, 15) is 17.9 Å². The molecule has 0 radical (unpaired) electrons. The summed E-state index contributed by atoms with van der Waals surface area (Å²) < 4.78 is 41.8. The van der Waals surface area contributed by atoms with Gasteiger partial charge in [-0.25, -0.2) is 0 Å². The highest BCUT2D eigenvalue weighted by molar-refractivity contribution is 7.86. The highest BCUT2D eigenvalue weighted by atomic mass is 32.2. The van der Waals surface area contributed by atoms with E-state index in [0.717, 1.165) is 5.56 Å². The molecular formula is C19H20N4O4S2. The summed E-state index contributed by atoms with van der Waals surface area (Å²) in [6, 6.07) is 9.97. The van der Waals surface area contributed by atoms with Gasteiger partial charge in [0.05, 0.1) is 27.2 Å². The van der Waals surface area contributed by atoms with E-state index in [4.69, 9.17) is 10.0 Å². The minimum Gasteiger partial charge on any atom is -0.379 e. The van der Waals surface area contributed by atoms with E-state index in [2.05, 4.69) is 16.2 Å². The van der Waals surface area contributed by atoms with Gasteiger partial charge in [0, 0.05) is 11.9 Å². The smallest absolute Gasteiger partial charge is 0.358 e. The number of pyridine rings is 1. The van der Waals surface area contributed by atoms with Crippen LogP contribution in [0.15, 0.2) is 51.5 Å². The summed E-state index contributed by atoms with van der Waals surface area (Å²) in [7, 11) is -5.60. The molecule has 1 aliphatic rings. The van der Waals surface area contributed by atoms with Crippen LogP contribution in [0.2, 0.25) is 0 Å². The number of aromatic nitrogens is 1. The molecule has 1 aliphatic carbocycles. The molecule has 0 amide bonds. The third kappa shape index (κ3) is 4.31. The van der Waals surface area contributed by atoms with Crippen molar-refractivity contribution in [3.8, 4) is 6.07 Å². The number of amidine groups is 1. The molecule has 152 valence electrons. The highest BCUT2D eigenvalue weighted by Gasteiger charge is 2.45. The molecule has 2 N–H and O–H groups in total. The summed E-state index contributed by atoms with van der Waals surface area (Å²) >= 11 is 0. The topological polar surface area (TPSA) is 136 Å². The molecule has 8 nitrogen and oxygen atoms in total. The van der Waals surface area contributed by atoms with Gasteiger partial charge in [-0.3, -0.25) is 13.5 Å². The number of rotatable bonds is 7. The van der Waals surface area contributed by atoms with Gasteiger partial charge >= 0.3 is 10.1 Å². The summed E-state index contributed by atoms with van der Waals surface area (Å²) in [6.45, 7) is 3.56. The van der Waals surface area contributed by atoms with E-state index >= 15 is 0 Å². The van der Waals surface area contributed by atoms with Gasteiger partial charge in [0.2, 0.25) is 0 Å². The van der Waals surface area contributed by atoms with Crippen LogP contribution in [0, 0.1) is 18.3 Å². The molecule has 0 saturated heterocycles. The molecule has 1 saturated carbocycles. The fourth-order valence-corrected chi connectivity index (χ4v) is 4.37. The maximum Gasteiger partial charge on any atom is 0.358 e. The second-order valence-corrected chi connectivity index (χ2v) is 9.95. The number of aryl methyl sites for hydroxylation is 1. The molecular weight excluding hydrogens is 412 g/mol. The average molecular weight is 433 g/mol. The molecule has 2 aromatic rings. The van der Waals surface area contributed by atoms with Gasteiger partial charge in [-0.2, -0.15) is 13.7 Å². The van der Waals surface area contributed by atoms with Crippen molar-refractivity contribution in [1.29, 1.82) is 5.26 Å². The SMILES string of the molecule is CC[S@@](=O)c1cc(C2(C#N)CC2)cnc1/C(N)=N/OS(=O)(=O)c1ccc(C)cc1. The summed E-state index contributed by atoms with van der Waals surface area (Å²) in [5.74, 6) is -0.0149. The van der Waals surface area contributed by atoms with Gasteiger partial charge in [0.15, 0.2) is 5.84 Å². The molecule has 1 aromatic heterocycles. The van der Waals surface area contributed by atoms with Crippen LogP contribution in [0.1, 0.15) is 36.6 Å². The minimum atomic E-state index is -4.16. The predicted molar refractivity (Wildman–Crippen MR) is 108 cm³/mol. The molecule has 0 aliphatic heterocycles. The van der Waals surface area contributed by atoms with Crippen LogP contribution >= 0.6 is 0 Å². The Morgan fingerprint density at radius 1 is 1.38 bits per heavy atom. The van der Waals surface area contributed by atoms with Crippen molar-refractivity contribution in [2.24, 2.45) is 10.9 Å². The Morgan fingerprint density at radius 3 is 2.59 bits per heavy atom. The molecule has 1 atom stereocenters. The first-order valence-corrected chi connectivity index (χ1v) is 11.6. The lowest BCUT2D eigenvalue weighted by molar-refractivity contribution is 0.338. The third-order valence-electron chi connectivity index (χ3n) is 4.66. The van der Waals surface area contributed by atoms with Crippen molar-refractivity contribution in [3.05, 3.63) is 53.3 Å². The number of hydrogen-bond donors (Lipinski definition) is 1. The fourth-order valence-electron chi connectivity index (χ4n) is 2.70. The third-order valence-corrected chi connectivity index (χ3v) is 7.11. The molecule has 0 spiro atoms. The van der Waals surface area contributed by atoms with E-state index < -0.39 is 26.3 Å². The Labute approximate surface area is 172 Å². The lowest BCUT2D eigenvalue weighted by Crippen LogP contribution is -2.21. The van der Waals surface area contributed by atoms with Crippen LogP contribution in [0.3, 0.4) is 0 Å². The zero-order valence-electron chi connectivity index (χ0n) is 16.0. The molecule has 10 heteroatoms. The number of benzene rings is 1. The van der Waals surface area contributed by atoms with Crippen LogP contribution in [0.25, 0.3) is 0 Å².